The summed E-state index contributed by atoms with van der Waals surface area (Å²) < 4.78 is 16.2. The van der Waals surface area contributed by atoms with E-state index in [1.54, 1.807) is 24.3 Å². The quantitative estimate of drug-likeness (QED) is 0.523. The maximum absolute atomic E-state index is 12.5. The van der Waals surface area contributed by atoms with E-state index in [-0.39, 0.29) is 11.9 Å². The third-order valence-electron chi connectivity index (χ3n) is 3.67. The summed E-state index contributed by atoms with van der Waals surface area (Å²) in [5, 5.41) is 1.29. The molecule has 116 valence electrons. The lowest BCUT2D eigenvalue weighted by Gasteiger charge is -2.07. The van der Waals surface area contributed by atoms with Crippen molar-refractivity contribution in [3.63, 3.8) is 0 Å². The Kier molecular flexibility index (Phi) is 3.56. The standard InChI is InChI=1S/C18H13ClO4/c19-14-7-12(5-6-16(14)22-10-13-9-21-13)18(20)17-8-11-3-1-2-4-15(11)23-17/h1-8,13H,9-10H2. The molecule has 1 aliphatic heterocycles. The van der Waals surface area contributed by atoms with E-state index in [4.69, 9.17) is 25.5 Å². The van der Waals surface area contributed by atoms with Gasteiger partial charge in [-0.15, -0.1) is 0 Å². The molecule has 0 bridgehead atoms. The summed E-state index contributed by atoms with van der Waals surface area (Å²) in [6.45, 7) is 1.19. The van der Waals surface area contributed by atoms with Gasteiger partial charge in [-0.2, -0.15) is 0 Å². The van der Waals surface area contributed by atoms with Crippen LogP contribution in [0.15, 0.2) is 52.9 Å². The maximum atomic E-state index is 12.5. The number of carbonyl (C=O) groups is 1. The molecule has 1 fully saturated rings. The molecule has 5 heteroatoms. The van der Waals surface area contributed by atoms with Crippen LogP contribution >= 0.6 is 11.6 Å². The highest BCUT2D eigenvalue weighted by atomic mass is 35.5. The molecule has 0 radical (unpaired) electrons. The second kappa shape index (κ2) is 5.72. The van der Waals surface area contributed by atoms with Gasteiger partial charge in [-0.25, -0.2) is 0 Å². The number of ether oxygens (including phenoxy) is 2. The van der Waals surface area contributed by atoms with Gasteiger partial charge in [0.15, 0.2) is 5.76 Å². The van der Waals surface area contributed by atoms with Gasteiger partial charge in [0.2, 0.25) is 5.78 Å². The summed E-state index contributed by atoms with van der Waals surface area (Å²) in [6, 6.07) is 14.2. The van der Waals surface area contributed by atoms with E-state index in [2.05, 4.69) is 0 Å². The first-order chi connectivity index (χ1) is 11.2. The van der Waals surface area contributed by atoms with Gasteiger partial charge in [0, 0.05) is 10.9 Å². The zero-order chi connectivity index (χ0) is 15.8. The van der Waals surface area contributed by atoms with E-state index in [9.17, 15) is 4.79 Å². The molecule has 0 spiro atoms. The molecule has 1 aromatic heterocycles. The number of rotatable bonds is 5. The van der Waals surface area contributed by atoms with E-state index < -0.39 is 0 Å². The van der Waals surface area contributed by atoms with E-state index in [1.165, 1.54) is 0 Å². The summed E-state index contributed by atoms with van der Waals surface area (Å²) >= 11 is 6.19. The number of benzene rings is 2. The molecule has 2 heterocycles. The van der Waals surface area contributed by atoms with Crippen LogP contribution in [0.5, 0.6) is 5.75 Å². The van der Waals surface area contributed by atoms with E-state index in [0.717, 1.165) is 12.0 Å². The number of fused-ring (bicyclic) bond motifs is 1. The fraction of sp³-hybridized carbons (Fsp3) is 0.167. The maximum Gasteiger partial charge on any atom is 0.228 e. The Balaban J connectivity index is 1.58. The number of furan rings is 1. The van der Waals surface area contributed by atoms with Crippen LogP contribution < -0.4 is 4.74 Å². The highest BCUT2D eigenvalue weighted by Gasteiger charge is 2.23. The van der Waals surface area contributed by atoms with Gasteiger partial charge in [0.05, 0.1) is 11.6 Å². The van der Waals surface area contributed by atoms with Crippen molar-refractivity contribution in [2.75, 3.05) is 13.2 Å². The van der Waals surface area contributed by atoms with Crippen LogP contribution in [0.25, 0.3) is 11.0 Å². The van der Waals surface area contributed by atoms with Crippen molar-refractivity contribution in [2.24, 2.45) is 0 Å². The van der Waals surface area contributed by atoms with Crippen LogP contribution in [-0.4, -0.2) is 25.1 Å². The van der Waals surface area contributed by atoms with Crippen molar-refractivity contribution in [3.05, 3.63) is 64.9 Å². The molecule has 23 heavy (non-hydrogen) atoms. The molecule has 1 saturated heterocycles. The number of ketones is 1. The molecular weight excluding hydrogens is 316 g/mol. The minimum absolute atomic E-state index is 0.155. The predicted octanol–water partition coefficient (Wildman–Crippen LogP) is 4.09. The zero-order valence-electron chi connectivity index (χ0n) is 12.1. The Labute approximate surface area is 137 Å². The van der Waals surface area contributed by atoms with Crippen LogP contribution in [0.4, 0.5) is 0 Å². The first-order valence-electron chi connectivity index (χ1n) is 7.28. The number of carbonyl (C=O) groups excluding carboxylic acids is 1. The fourth-order valence-electron chi connectivity index (χ4n) is 2.34. The molecule has 0 aliphatic carbocycles. The van der Waals surface area contributed by atoms with E-state index >= 15 is 0 Å². The normalized spacial score (nSPS) is 16.5. The largest absolute Gasteiger partial charge is 0.489 e. The Morgan fingerprint density at radius 1 is 1.22 bits per heavy atom. The number of epoxide rings is 1. The summed E-state index contributed by atoms with van der Waals surface area (Å²) in [6.07, 6.45) is 0.155. The van der Waals surface area contributed by atoms with Gasteiger partial charge < -0.3 is 13.9 Å². The molecule has 2 aromatic carbocycles. The zero-order valence-corrected chi connectivity index (χ0v) is 12.9. The first-order valence-corrected chi connectivity index (χ1v) is 7.66. The predicted molar refractivity (Wildman–Crippen MR) is 86.3 cm³/mol. The smallest absolute Gasteiger partial charge is 0.228 e. The van der Waals surface area contributed by atoms with Gasteiger partial charge in [-0.3, -0.25) is 4.79 Å². The highest BCUT2D eigenvalue weighted by Crippen LogP contribution is 2.28. The Morgan fingerprint density at radius 2 is 2.04 bits per heavy atom. The van der Waals surface area contributed by atoms with E-state index in [1.807, 2.05) is 24.3 Å². The van der Waals surface area contributed by atoms with Gasteiger partial charge in [-0.05, 0) is 30.3 Å². The molecule has 4 nitrogen and oxygen atoms in total. The second-order valence-electron chi connectivity index (χ2n) is 5.39. The number of hydrogen-bond donors (Lipinski definition) is 0. The van der Waals surface area contributed by atoms with Gasteiger partial charge in [0.1, 0.15) is 24.0 Å². The lowest BCUT2D eigenvalue weighted by atomic mass is 10.1. The lowest BCUT2D eigenvalue weighted by molar-refractivity contribution is 0.101. The summed E-state index contributed by atoms with van der Waals surface area (Å²) in [7, 11) is 0. The van der Waals surface area contributed by atoms with Gasteiger partial charge in [0.25, 0.3) is 0 Å². The summed E-state index contributed by atoms with van der Waals surface area (Å²) in [4.78, 5) is 12.5. The third kappa shape index (κ3) is 2.96. The minimum Gasteiger partial charge on any atom is -0.489 e. The summed E-state index contributed by atoms with van der Waals surface area (Å²) in [5.41, 5.74) is 1.15. The Hall–Kier alpha value is -2.30. The topological polar surface area (TPSA) is 52.0 Å². The molecule has 1 atom stereocenters. The van der Waals surface area contributed by atoms with Crippen molar-refractivity contribution in [1.29, 1.82) is 0 Å². The molecule has 1 unspecified atom stereocenters. The molecule has 3 aromatic rings. The number of para-hydroxylation sites is 1. The van der Waals surface area contributed by atoms with Crippen molar-refractivity contribution in [2.45, 2.75) is 6.10 Å². The Morgan fingerprint density at radius 3 is 2.78 bits per heavy atom. The van der Waals surface area contributed by atoms with E-state index in [0.29, 0.717) is 34.3 Å². The molecular formula is C18H13ClO4. The highest BCUT2D eigenvalue weighted by molar-refractivity contribution is 6.32. The average Bonchev–Trinajstić information content (AvgIpc) is 3.29. The summed E-state index contributed by atoms with van der Waals surface area (Å²) in [5.74, 6) is 0.630. The fourth-order valence-corrected chi connectivity index (χ4v) is 2.58. The lowest BCUT2D eigenvalue weighted by Crippen LogP contribution is -2.05. The van der Waals surface area contributed by atoms with Crippen LogP contribution in [0, 0.1) is 0 Å². The van der Waals surface area contributed by atoms with Crippen molar-refractivity contribution < 1.29 is 18.7 Å². The van der Waals surface area contributed by atoms with Crippen molar-refractivity contribution in [3.8, 4) is 5.75 Å². The average molecular weight is 329 g/mol. The van der Waals surface area contributed by atoms with Crippen LogP contribution in [0.3, 0.4) is 0 Å². The molecule has 4 rings (SSSR count). The number of halogens is 1. The molecule has 0 amide bonds. The SMILES string of the molecule is O=C(c1ccc(OCC2CO2)c(Cl)c1)c1cc2ccccc2o1. The monoisotopic (exact) mass is 328 g/mol. The Bertz CT molecular complexity index is 847. The van der Waals surface area contributed by atoms with Crippen LogP contribution in [-0.2, 0) is 4.74 Å². The second-order valence-corrected chi connectivity index (χ2v) is 5.80. The third-order valence-corrected chi connectivity index (χ3v) is 3.97. The van der Waals surface area contributed by atoms with Crippen molar-refractivity contribution >= 4 is 28.4 Å². The van der Waals surface area contributed by atoms with Crippen molar-refractivity contribution in [1.82, 2.24) is 0 Å². The molecule has 0 saturated carbocycles. The number of hydrogen-bond acceptors (Lipinski definition) is 4. The van der Waals surface area contributed by atoms with Crippen LogP contribution in [0.2, 0.25) is 5.02 Å². The van der Waals surface area contributed by atoms with Gasteiger partial charge >= 0.3 is 0 Å². The minimum atomic E-state index is -0.208. The van der Waals surface area contributed by atoms with Gasteiger partial charge in [-0.1, -0.05) is 29.8 Å². The molecule has 0 N–H and O–H groups in total. The molecule has 1 aliphatic rings. The van der Waals surface area contributed by atoms with Crippen LogP contribution in [0.1, 0.15) is 16.1 Å². The first kappa shape index (κ1) is 14.3.